The van der Waals surface area contributed by atoms with Gasteiger partial charge in [-0.25, -0.2) is 8.78 Å². The Kier molecular flexibility index (Phi) is 5.50. The fraction of sp³-hybridized carbons (Fsp3) is 0.833. The molecule has 4 nitrogen and oxygen atoms in total. The highest BCUT2D eigenvalue weighted by Crippen LogP contribution is 2.36. The molecule has 6 heteroatoms. The highest BCUT2D eigenvalue weighted by Gasteiger charge is 2.38. The molecule has 0 heterocycles. The predicted octanol–water partition coefficient (Wildman–Crippen LogP) is 2.18. The van der Waals surface area contributed by atoms with Crippen molar-refractivity contribution < 1.29 is 23.5 Å². The van der Waals surface area contributed by atoms with Crippen LogP contribution in [-0.4, -0.2) is 29.5 Å². The van der Waals surface area contributed by atoms with Crippen molar-refractivity contribution in [2.24, 2.45) is 5.92 Å². The zero-order valence-corrected chi connectivity index (χ0v) is 10.3. The van der Waals surface area contributed by atoms with E-state index in [4.69, 9.17) is 5.11 Å². The van der Waals surface area contributed by atoms with Crippen molar-refractivity contribution in [3.05, 3.63) is 0 Å². The average Bonchev–Trinajstić information content (AvgIpc) is 2.26. The number of carboxylic acids is 1. The van der Waals surface area contributed by atoms with Crippen LogP contribution in [0.2, 0.25) is 0 Å². The van der Waals surface area contributed by atoms with Gasteiger partial charge in [0.15, 0.2) is 0 Å². The van der Waals surface area contributed by atoms with Gasteiger partial charge in [0.05, 0.1) is 0 Å². The second kappa shape index (κ2) is 6.66. The number of alkyl halides is 2. The fourth-order valence-electron chi connectivity index (χ4n) is 2.15. The van der Waals surface area contributed by atoms with Crippen LogP contribution in [0.15, 0.2) is 0 Å². The quantitative estimate of drug-likeness (QED) is 0.722. The molecule has 0 aromatic heterocycles. The van der Waals surface area contributed by atoms with Crippen LogP contribution in [-0.2, 0) is 9.59 Å². The highest BCUT2D eigenvalue weighted by atomic mass is 19.3. The summed E-state index contributed by atoms with van der Waals surface area (Å²) in [4.78, 5) is 21.9. The SMILES string of the molecule is O=C(O)CCCCNC(=O)C1CCCC(F)(F)C1. The number of nitrogens with one attached hydrogen (secondary N) is 1. The monoisotopic (exact) mass is 263 g/mol. The molecule has 1 amide bonds. The second-order valence-electron chi connectivity index (χ2n) is 4.79. The van der Waals surface area contributed by atoms with E-state index in [9.17, 15) is 18.4 Å². The minimum absolute atomic E-state index is 0.0668. The molecular formula is C12H19F2NO3. The van der Waals surface area contributed by atoms with E-state index in [2.05, 4.69) is 5.32 Å². The summed E-state index contributed by atoms with van der Waals surface area (Å²) in [6.45, 7) is 0.355. The van der Waals surface area contributed by atoms with Crippen LogP contribution in [0.25, 0.3) is 0 Å². The molecule has 1 aliphatic carbocycles. The van der Waals surface area contributed by atoms with E-state index in [1.807, 2.05) is 0 Å². The van der Waals surface area contributed by atoms with Crippen molar-refractivity contribution in [1.82, 2.24) is 5.32 Å². The third-order valence-electron chi connectivity index (χ3n) is 3.13. The van der Waals surface area contributed by atoms with Crippen LogP contribution in [0.3, 0.4) is 0 Å². The van der Waals surface area contributed by atoms with E-state index >= 15 is 0 Å². The summed E-state index contributed by atoms with van der Waals surface area (Å²) in [7, 11) is 0. The molecule has 104 valence electrons. The summed E-state index contributed by atoms with van der Waals surface area (Å²) in [5, 5.41) is 11.0. The minimum atomic E-state index is -2.72. The van der Waals surface area contributed by atoms with E-state index < -0.39 is 17.8 Å². The molecule has 1 aliphatic rings. The number of carbonyl (C=O) groups is 2. The van der Waals surface area contributed by atoms with E-state index in [0.29, 0.717) is 32.2 Å². The standard InChI is InChI=1S/C12H19F2NO3/c13-12(14)6-3-4-9(8-12)11(18)15-7-2-1-5-10(16)17/h9H,1-8H2,(H,15,18)(H,16,17). The molecular weight excluding hydrogens is 244 g/mol. The number of rotatable bonds is 6. The largest absolute Gasteiger partial charge is 0.481 e. The van der Waals surface area contributed by atoms with Crippen molar-refractivity contribution in [3.8, 4) is 0 Å². The molecule has 0 bridgehead atoms. The minimum Gasteiger partial charge on any atom is -0.481 e. The number of hydrogen-bond acceptors (Lipinski definition) is 2. The predicted molar refractivity (Wildman–Crippen MR) is 61.4 cm³/mol. The van der Waals surface area contributed by atoms with Crippen molar-refractivity contribution >= 4 is 11.9 Å². The Hall–Kier alpha value is -1.20. The summed E-state index contributed by atoms with van der Waals surface area (Å²) in [6, 6.07) is 0. The molecule has 0 aromatic rings. The third kappa shape index (κ3) is 5.42. The zero-order chi connectivity index (χ0) is 13.6. The summed E-state index contributed by atoms with van der Waals surface area (Å²) >= 11 is 0. The van der Waals surface area contributed by atoms with Gasteiger partial charge in [0.1, 0.15) is 0 Å². The molecule has 0 radical (unpaired) electrons. The molecule has 0 aromatic carbocycles. The van der Waals surface area contributed by atoms with Crippen LogP contribution in [0, 0.1) is 5.92 Å². The first-order valence-electron chi connectivity index (χ1n) is 6.28. The van der Waals surface area contributed by atoms with Gasteiger partial charge in [0, 0.05) is 31.7 Å². The summed E-state index contributed by atoms with van der Waals surface area (Å²) < 4.78 is 26.2. The van der Waals surface area contributed by atoms with Crippen molar-refractivity contribution in [1.29, 1.82) is 0 Å². The number of amides is 1. The van der Waals surface area contributed by atoms with Crippen LogP contribution < -0.4 is 5.32 Å². The van der Waals surface area contributed by atoms with Crippen molar-refractivity contribution in [2.45, 2.75) is 50.9 Å². The van der Waals surface area contributed by atoms with E-state index in [0.717, 1.165) is 0 Å². The van der Waals surface area contributed by atoms with Gasteiger partial charge in [0.2, 0.25) is 11.8 Å². The number of carboxylic acid groups (broad SMARTS) is 1. The first kappa shape index (κ1) is 14.9. The topological polar surface area (TPSA) is 66.4 Å². The summed E-state index contributed by atoms with van der Waals surface area (Å²) in [6.07, 6.45) is 1.50. The summed E-state index contributed by atoms with van der Waals surface area (Å²) in [5.74, 6) is -4.52. The lowest BCUT2D eigenvalue weighted by Crippen LogP contribution is -2.37. The van der Waals surface area contributed by atoms with Crippen LogP contribution in [0.1, 0.15) is 44.9 Å². The maximum Gasteiger partial charge on any atom is 0.303 e. The summed E-state index contributed by atoms with van der Waals surface area (Å²) in [5.41, 5.74) is 0. The maximum absolute atomic E-state index is 13.1. The van der Waals surface area contributed by atoms with Gasteiger partial charge >= 0.3 is 5.97 Å². The Labute approximate surface area is 105 Å². The van der Waals surface area contributed by atoms with Crippen LogP contribution in [0.4, 0.5) is 8.78 Å². The Balaban J connectivity index is 2.18. The molecule has 1 unspecified atom stereocenters. The van der Waals surface area contributed by atoms with E-state index in [-0.39, 0.29) is 25.2 Å². The van der Waals surface area contributed by atoms with Crippen LogP contribution in [0.5, 0.6) is 0 Å². The molecule has 0 spiro atoms. The molecule has 1 fully saturated rings. The Morgan fingerprint density at radius 3 is 2.67 bits per heavy atom. The van der Waals surface area contributed by atoms with Gasteiger partial charge < -0.3 is 10.4 Å². The molecule has 1 rings (SSSR count). The number of hydrogen-bond donors (Lipinski definition) is 2. The third-order valence-corrected chi connectivity index (χ3v) is 3.13. The maximum atomic E-state index is 13.1. The molecule has 1 atom stereocenters. The van der Waals surface area contributed by atoms with E-state index in [1.54, 1.807) is 0 Å². The van der Waals surface area contributed by atoms with Gasteiger partial charge in [-0.3, -0.25) is 9.59 Å². The van der Waals surface area contributed by atoms with Gasteiger partial charge in [0.25, 0.3) is 0 Å². The smallest absolute Gasteiger partial charge is 0.303 e. The van der Waals surface area contributed by atoms with E-state index in [1.165, 1.54) is 0 Å². The first-order chi connectivity index (χ1) is 8.41. The Bertz CT molecular complexity index is 308. The number of aliphatic carboxylic acids is 1. The number of halogens is 2. The lowest BCUT2D eigenvalue weighted by Gasteiger charge is -2.27. The first-order valence-corrected chi connectivity index (χ1v) is 6.28. The fourth-order valence-corrected chi connectivity index (χ4v) is 2.15. The zero-order valence-electron chi connectivity index (χ0n) is 10.3. The van der Waals surface area contributed by atoms with Gasteiger partial charge in [-0.05, 0) is 25.7 Å². The highest BCUT2D eigenvalue weighted by molar-refractivity contribution is 5.78. The van der Waals surface area contributed by atoms with Crippen molar-refractivity contribution in [3.63, 3.8) is 0 Å². The normalized spacial score (nSPS) is 22.4. The van der Waals surface area contributed by atoms with Gasteiger partial charge in [-0.1, -0.05) is 0 Å². The number of carbonyl (C=O) groups excluding carboxylic acids is 1. The Morgan fingerprint density at radius 1 is 1.33 bits per heavy atom. The Morgan fingerprint density at radius 2 is 2.06 bits per heavy atom. The van der Waals surface area contributed by atoms with Gasteiger partial charge in [-0.15, -0.1) is 0 Å². The van der Waals surface area contributed by atoms with Crippen LogP contribution >= 0.6 is 0 Å². The lowest BCUT2D eigenvalue weighted by molar-refractivity contribution is -0.137. The second-order valence-corrected chi connectivity index (χ2v) is 4.79. The number of unbranched alkanes of at least 4 members (excludes halogenated alkanes) is 1. The average molecular weight is 263 g/mol. The molecule has 18 heavy (non-hydrogen) atoms. The molecule has 1 saturated carbocycles. The van der Waals surface area contributed by atoms with Gasteiger partial charge in [-0.2, -0.15) is 0 Å². The molecule has 0 aliphatic heterocycles. The van der Waals surface area contributed by atoms with Crippen molar-refractivity contribution in [2.75, 3.05) is 6.54 Å². The molecule has 2 N–H and O–H groups in total. The lowest BCUT2D eigenvalue weighted by atomic mass is 9.86. The molecule has 0 saturated heterocycles.